The highest BCUT2D eigenvalue weighted by atomic mass is 127. The molecule has 0 radical (unpaired) electrons. The Labute approximate surface area is 100 Å². The van der Waals surface area contributed by atoms with Crippen molar-refractivity contribution in [2.45, 2.75) is 0 Å². The fourth-order valence-electron chi connectivity index (χ4n) is 0.807. The fraction of sp³-hybridized carbons (Fsp3) is 0.333. The molecule has 0 aliphatic carbocycles. The summed E-state index contributed by atoms with van der Waals surface area (Å²) in [6.07, 6.45) is 1.70. The minimum atomic E-state index is -0.317. The molecule has 78 valence electrons. The van der Waals surface area contributed by atoms with Gasteiger partial charge in [0.1, 0.15) is 5.02 Å². The smallest absolute Gasteiger partial charge is 0.291 e. The molecule has 1 heterocycles. The minimum absolute atomic E-state index is 0.0204. The molecule has 0 aliphatic heterocycles. The number of hydrogen-bond acceptors (Lipinski definition) is 4. The first kappa shape index (κ1) is 12.2. The topological polar surface area (TPSA) is 67.2 Å². The second kappa shape index (κ2) is 5.85. The van der Waals surface area contributed by atoms with Crippen LogP contribution in [-0.2, 0) is 0 Å². The lowest BCUT2D eigenvalue weighted by molar-refractivity contribution is 0.311. The molecule has 8 heteroatoms. The van der Waals surface area contributed by atoms with Crippen molar-refractivity contribution in [3.63, 3.8) is 0 Å². The predicted octanol–water partition coefficient (Wildman–Crippen LogP) is 1.09. The average Bonchev–Trinajstić information content (AvgIpc) is 2.20. The molecule has 0 bridgehead atoms. The first-order chi connectivity index (χ1) is 6.70. The number of nitrogens with one attached hydrogen (secondary N) is 1. The lowest BCUT2D eigenvalue weighted by atomic mass is 10.4. The molecule has 0 spiro atoms. The van der Waals surface area contributed by atoms with Crippen LogP contribution in [0.5, 0.6) is 0 Å². The fourth-order valence-corrected chi connectivity index (χ4v) is 2.39. The second-order valence-corrected chi connectivity index (χ2v) is 4.74. The Balaban J connectivity index is 2.99. The van der Waals surface area contributed by atoms with Gasteiger partial charge in [-0.3, -0.25) is 4.79 Å². The van der Waals surface area contributed by atoms with Crippen molar-refractivity contribution in [1.82, 2.24) is 9.55 Å². The molecule has 0 fully saturated rings. The van der Waals surface area contributed by atoms with Gasteiger partial charge in [0, 0.05) is 6.54 Å². The molecule has 0 aromatic carbocycles. The highest BCUT2D eigenvalue weighted by Crippen LogP contribution is 2.22. The van der Waals surface area contributed by atoms with Crippen LogP contribution in [0.25, 0.3) is 0 Å². The van der Waals surface area contributed by atoms with Crippen molar-refractivity contribution in [3.8, 4) is 0 Å². The van der Waals surface area contributed by atoms with Gasteiger partial charge in [-0.2, -0.15) is 5.10 Å². The molecule has 1 aromatic heterocycles. The van der Waals surface area contributed by atoms with E-state index in [1.807, 2.05) is 22.0 Å². The van der Waals surface area contributed by atoms with E-state index < -0.39 is 0 Å². The molecule has 1 aromatic rings. The van der Waals surface area contributed by atoms with Crippen LogP contribution in [-0.4, -0.2) is 27.8 Å². The molecule has 0 amide bonds. The quantitative estimate of drug-likeness (QED) is 0.632. The minimum Gasteiger partial charge on any atom is -0.395 e. The molecule has 1 unspecified atom stereocenters. The molecule has 14 heavy (non-hydrogen) atoms. The summed E-state index contributed by atoms with van der Waals surface area (Å²) in [6, 6.07) is 0. The van der Waals surface area contributed by atoms with E-state index in [4.69, 9.17) is 16.7 Å². The van der Waals surface area contributed by atoms with E-state index in [1.54, 1.807) is 0 Å². The second-order valence-electron chi connectivity index (χ2n) is 2.32. The highest BCUT2D eigenvalue weighted by molar-refractivity contribution is 14.2. The standard InChI is InChI=1S/C6H8ClIN3O2P/c7-5-4(9-1-2-12)3-10-11(14-8)6(5)13/h3,9,12,14H,1-2H2. The molecule has 2 N–H and O–H groups in total. The van der Waals surface area contributed by atoms with Crippen molar-refractivity contribution in [2.24, 2.45) is 0 Å². The summed E-state index contributed by atoms with van der Waals surface area (Å²) in [6.45, 7) is 0.324. The normalized spacial score (nSPS) is 11.1. The number of halogens is 2. The van der Waals surface area contributed by atoms with E-state index in [-0.39, 0.29) is 23.6 Å². The number of aliphatic hydroxyl groups is 1. The van der Waals surface area contributed by atoms with Gasteiger partial charge >= 0.3 is 0 Å². The molecular formula is C6H8ClIN3O2P. The maximum atomic E-state index is 11.5. The van der Waals surface area contributed by atoms with Crippen LogP contribution in [0.15, 0.2) is 11.0 Å². The van der Waals surface area contributed by atoms with Crippen LogP contribution in [0.4, 0.5) is 5.69 Å². The first-order valence-electron chi connectivity index (χ1n) is 3.70. The summed E-state index contributed by atoms with van der Waals surface area (Å²) < 4.78 is 1.28. The summed E-state index contributed by atoms with van der Waals surface area (Å²) in [4.78, 5) is 11.5. The van der Waals surface area contributed by atoms with Crippen molar-refractivity contribution in [1.29, 1.82) is 0 Å². The Morgan fingerprint density at radius 2 is 2.50 bits per heavy atom. The Kier molecular flexibility index (Phi) is 5.08. The van der Waals surface area contributed by atoms with E-state index in [0.717, 1.165) is 0 Å². The van der Waals surface area contributed by atoms with E-state index in [1.165, 1.54) is 10.6 Å². The van der Waals surface area contributed by atoms with Crippen LogP contribution in [0.3, 0.4) is 0 Å². The number of rotatable bonds is 4. The number of hydrogen-bond donors (Lipinski definition) is 2. The summed E-state index contributed by atoms with van der Waals surface area (Å²) in [5.74, 6) is 0. The zero-order valence-electron chi connectivity index (χ0n) is 7.00. The zero-order chi connectivity index (χ0) is 10.6. The monoisotopic (exact) mass is 347 g/mol. The SMILES string of the molecule is O=c1c(Cl)c(NCCO)cnn1PI. The zero-order valence-corrected chi connectivity index (χ0v) is 10.9. The highest BCUT2D eigenvalue weighted by Gasteiger charge is 2.07. The molecule has 5 nitrogen and oxygen atoms in total. The molecule has 1 rings (SSSR count). The van der Waals surface area contributed by atoms with Gasteiger partial charge in [-0.25, -0.2) is 4.45 Å². The maximum absolute atomic E-state index is 11.5. The first-order valence-corrected chi connectivity index (χ1v) is 8.14. The van der Waals surface area contributed by atoms with E-state index in [0.29, 0.717) is 12.2 Å². The summed E-state index contributed by atoms with van der Waals surface area (Å²) in [7, 11) is 0. The maximum Gasteiger partial charge on any atom is 0.291 e. The average molecular weight is 347 g/mol. The third-order valence-electron chi connectivity index (χ3n) is 1.43. The van der Waals surface area contributed by atoms with Crippen LogP contribution in [0, 0.1) is 0 Å². The van der Waals surface area contributed by atoms with Gasteiger partial charge in [0.15, 0.2) is 0 Å². The number of nitrogens with zero attached hydrogens (tertiary/aromatic N) is 2. The summed E-state index contributed by atoms with van der Waals surface area (Å²) in [5.41, 5.74) is 0.138. The molecular weight excluding hydrogens is 339 g/mol. The van der Waals surface area contributed by atoms with Crippen molar-refractivity contribution >= 4 is 45.7 Å². The molecule has 0 saturated heterocycles. The van der Waals surface area contributed by atoms with Gasteiger partial charge < -0.3 is 10.4 Å². The third-order valence-corrected chi connectivity index (χ3v) is 3.64. The van der Waals surface area contributed by atoms with Crippen LogP contribution >= 0.6 is 40.0 Å². The third kappa shape index (κ3) is 2.79. The predicted molar refractivity (Wildman–Crippen MR) is 66.8 cm³/mol. The van der Waals surface area contributed by atoms with Crippen molar-refractivity contribution < 1.29 is 5.11 Å². The van der Waals surface area contributed by atoms with Crippen molar-refractivity contribution in [3.05, 3.63) is 21.6 Å². The summed E-state index contributed by atoms with van der Waals surface area (Å²) >= 11 is 7.84. The molecule has 1 atom stereocenters. The van der Waals surface area contributed by atoms with E-state index in [9.17, 15) is 4.79 Å². The molecule has 0 saturated carbocycles. The van der Waals surface area contributed by atoms with Gasteiger partial charge in [-0.15, -0.1) is 0 Å². The Hall–Kier alpha value is 0.0900. The van der Waals surface area contributed by atoms with Gasteiger partial charge in [0.25, 0.3) is 5.56 Å². The Bertz CT molecular complexity index is 373. The van der Waals surface area contributed by atoms with Gasteiger partial charge in [0.05, 0.1) is 24.9 Å². The lowest BCUT2D eigenvalue weighted by Crippen LogP contribution is -2.19. The van der Waals surface area contributed by atoms with Gasteiger partial charge in [-0.05, 0) is 22.0 Å². The van der Waals surface area contributed by atoms with E-state index in [2.05, 4.69) is 10.4 Å². The largest absolute Gasteiger partial charge is 0.395 e. The Morgan fingerprint density at radius 1 is 1.79 bits per heavy atom. The number of anilines is 1. The Morgan fingerprint density at radius 3 is 3.07 bits per heavy atom. The van der Waals surface area contributed by atoms with Crippen LogP contribution in [0.2, 0.25) is 5.02 Å². The van der Waals surface area contributed by atoms with Gasteiger partial charge in [0.2, 0.25) is 0 Å². The number of aliphatic hydroxyl groups excluding tert-OH is 1. The molecule has 0 aliphatic rings. The summed E-state index contributed by atoms with van der Waals surface area (Å²) in [5, 5.41) is 15.4. The number of aromatic nitrogens is 2. The van der Waals surface area contributed by atoms with Crippen LogP contribution < -0.4 is 10.9 Å². The van der Waals surface area contributed by atoms with Crippen molar-refractivity contribution in [2.75, 3.05) is 18.5 Å². The van der Waals surface area contributed by atoms with Crippen LogP contribution in [0.1, 0.15) is 0 Å². The van der Waals surface area contributed by atoms with E-state index >= 15 is 0 Å². The van der Waals surface area contributed by atoms with Gasteiger partial charge in [-0.1, -0.05) is 11.6 Å². The lowest BCUT2D eigenvalue weighted by Gasteiger charge is -2.06.